The second kappa shape index (κ2) is 9.62. The molecule has 0 N–H and O–H groups in total. The number of rotatable bonds is 7. The first kappa shape index (κ1) is 18.7. The standard InChI is InChI=1S/C14H14F2O3S.F2/c1-17-19-20-10-14(15,16)18-9-11-6-7-12-4-2-3-5-13(12)8-11;1-2/h2-8H,9-10H2,1H3;. The molecule has 0 aliphatic carbocycles. The summed E-state index contributed by atoms with van der Waals surface area (Å²) >= 11 is 0.501. The molecule has 0 aliphatic rings. The van der Waals surface area contributed by atoms with E-state index in [1.54, 1.807) is 6.07 Å². The Kier molecular flexibility index (Phi) is 8.18. The minimum absolute atomic E-state index is 0.161. The van der Waals surface area contributed by atoms with Gasteiger partial charge >= 0.3 is 6.11 Å². The first-order valence-electron chi connectivity index (χ1n) is 6.07. The quantitative estimate of drug-likeness (QED) is 0.233. The van der Waals surface area contributed by atoms with Crippen molar-refractivity contribution in [1.29, 1.82) is 0 Å². The minimum Gasteiger partial charge on any atom is -0.315 e. The summed E-state index contributed by atoms with van der Waals surface area (Å²) in [6.07, 6.45) is -3.27. The van der Waals surface area contributed by atoms with Gasteiger partial charge < -0.3 is 4.74 Å². The van der Waals surface area contributed by atoms with Crippen LogP contribution in [-0.2, 0) is 20.6 Å². The molecule has 8 heteroatoms. The van der Waals surface area contributed by atoms with E-state index in [9.17, 15) is 8.78 Å². The van der Waals surface area contributed by atoms with Crippen molar-refractivity contribution in [3.8, 4) is 0 Å². The highest BCUT2D eigenvalue weighted by Crippen LogP contribution is 2.24. The van der Waals surface area contributed by atoms with Crippen molar-refractivity contribution in [2.75, 3.05) is 12.9 Å². The van der Waals surface area contributed by atoms with Gasteiger partial charge in [-0.3, -0.25) is 0 Å². The number of hydrogen-bond acceptors (Lipinski definition) is 4. The molecule has 0 aliphatic heterocycles. The van der Waals surface area contributed by atoms with Crippen LogP contribution in [0.3, 0.4) is 0 Å². The zero-order chi connectivity index (χ0) is 16.4. The van der Waals surface area contributed by atoms with Crippen molar-refractivity contribution < 1.29 is 31.9 Å². The molecule has 122 valence electrons. The van der Waals surface area contributed by atoms with Gasteiger partial charge in [-0.25, -0.2) is 4.89 Å². The summed E-state index contributed by atoms with van der Waals surface area (Å²) in [6, 6.07) is 13.2. The van der Waals surface area contributed by atoms with E-state index in [-0.39, 0.29) is 6.61 Å². The van der Waals surface area contributed by atoms with E-state index < -0.39 is 11.9 Å². The van der Waals surface area contributed by atoms with Gasteiger partial charge in [-0.2, -0.15) is 13.1 Å². The van der Waals surface area contributed by atoms with E-state index in [0.29, 0.717) is 17.6 Å². The normalized spacial score (nSPS) is 11.1. The molecule has 0 fully saturated rings. The van der Waals surface area contributed by atoms with Crippen molar-refractivity contribution in [2.24, 2.45) is 0 Å². The molecule has 3 nitrogen and oxygen atoms in total. The van der Waals surface area contributed by atoms with E-state index in [4.69, 9.17) is 9.15 Å². The topological polar surface area (TPSA) is 27.7 Å². The van der Waals surface area contributed by atoms with E-state index in [1.165, 1.54) is 7.11 Å². The maximum Gasteiger partial charge on any atom is 0.367 e. The summed E-state index contributed by atoms with van der Waals surface area (Å²) < 4.78 is 51.7. The van der Waals surface area contributed by atoms with Crippen LogP contribution in [0, 0.1) is 0 Å². The van der Waals surface area contributed by atoms with Gasteiger partial charge in [-0.05, 0) is 22.4 Å². The van der Waals surface area contributed by atoms with Crippen molar-refractivity contribution in [2.45, 2.75) is 12.7 Å². The van der Waals surface area contributed by atoms with Crippen LogP contribution in [0.25, 0.3) is 10.8 Å². The zero-order valence-corrected chi connectivity index (χ0v) is 12.4. The van der Waals surface area contributed by atoms with E-state index in [0.717, 1.165) is 10.8 Å². The van der Waals surface area contributed by atoms with Crippen molar-refractivity contribution in [1.82, 2.24) is 0 Å². The van der Waals surface area contributed by atoms with Crippen LogP contribution >= 0.6 is 12.0 Å². The fourth-order valence-electron chi connectivity index (χ4n) is 1.70. The summed E-state index contributed by atoms with van der Waals surface area (Å²) in [6.45, 7) is -0.161. The van der Waals surface area contributed by atoms with Gasteiger partial charge in [0.2, 0.25) is 0 Å². The summed E-state index contributed by atoms with van der Waals surface area (Å²) in [7, 11) is 1.25. The molecule has 0 spiro atoms. The molecule has 0 aromatic heterocycles. The molecule has 22 heavy (non-hydrogen) atoms. The van der Waals surface area contributed by atoms with Crippen molar-refractivity contribution in [3.05, 3.63) is 48.0 Å². The highest BCUT2D eigenvalue weighted by molar-refractivity contribution is 7.94. The van der Waals surface area contributed by atoms with Gasteiger partial charge in [0, 0.05) is 21.2 Å². The molecule has 2 aromatic carbocycles. The van der Waals surface area contributed by atoms with E-state index in [2.05, 4.69) is 14.0 Å². The van der Waals surface area contributed by atoms with Gasteiger partial charge in [0.25, 0.3) is 0 Å². The fourth-order valence-corrected chi connectivity index (χ4v) is 2.06. The maximum atomic E-state index is 13.4. The first-order valence-corrected chi connectivity index (χ1v) is 6.98. The molecule has 2 rings (SSSR count). The molecular formula is C14H14F4O3S. The predicted octanol–water partition coefficient (Wildman–Crippen LogP) is 5.02. The molecule has 0 unspecified atom stereocenters. The third kappa shape index (κ3) is 6.18. The second-order valence-electron chi connectivity index (χ2n) is 4.10. The lowest BCUT2D eigenvalue weighted by molar-refractivity contribution is -0.230. The van der Waals surface area contributed by atoms with Gasteiger partial charge in [0.1, 0.15) is 5.75 Å². The van der Waals surface area contributed by atoms with Crippen LogP contribution in [0.4, 0.5) is 17.9 Å². The van der Waals surface area contributed by atoms with Gasteiger partial charge in [-0.1, -0.05) is 36.4 Å². The van der Waals surface area contributed by atoms with E-state index >= 15 is 0 Å². The minimum atomic E-state index is -3.27. The Morgan fingerprint density at radius 1 is 1.05 bits per heavy atom. The van der Waals surface area contributed by atoms with E-state index in [1.807, 2.05) is 36.4 Å². The number of fused-ring (bicyclic) bond motifs is 1. The average Bonchev–Trinajstić information content (AvgIpc) is 2.55. The summed E-state index contributed by atoms with van der Waals surface area (Å²) in [5.74, 6) is -0.631. The Balaban J connectivity index is 0.00000116. The van der Waals surface area contributed by atoms with Crippen molar-refractivity contribution >= 4 is 22.8 Å². The zero-order valence-electron chi connectivity index (χ0n) is 11.6. The first-order chi connectivity index (χ1) is 10.6. The number of benzene rings is 2. The van der Waals surface area contributed by atoms with Crippen LogP contribution in [0.15, 0.2) is 42.5 Å². The van der Waals surface area contributed by atoms with Gasteiger partial charge in [0.15, 0.2) is 0 Å². The number of alkyl halides is 2. The molecule has 0 saturated heterocycles. The number of ether oxygens (including phenoxy) is 1. The van der Waals surface area contributed by atoms with Gasteiger partial charge in [0.05, 0.1) is 13.7 Å². The number of hydrogen-bond donors (Lipinski definition) is 0. The molecule has 0 amide bonds. The molecule has 0 bridgehead atoms. The highest BCUT2D eigenvalue weighted by atomic mass is 32.2. The molecule has 2 aromatic rings. The largest absolute Gasteiger partial charge is 0.367 e. The Labute approximate surface area is 129 Å². The Morgan fingerprint density at radius 3 is 2.41 bits per heavy atom. The summed E-state index contributed by atoms with van der Waals surface area (Å²) in [5.41, 5.74) is 0.695. The van der Waals surface area contributed by atoms with Crippen LogP contribution in [0.1, 0.15) is 5.56 Å². The SMILES string of the molecule is COOSCC(F)(F)OCc1ccc2ccccc2c1.FF. The Hall–Kier alpha value is -1.35. The van der Waals surface area contributed by atoms with Crippen LogP contribution < -0.4 is 0 Å². The molecule has 0 atom stereocenters. The van der Waals surface area contributed by atoms with Crippen LogP contribution in [0.2, 0.25) is 0 Å². The third-order valence-electron chi connectivity index (χ3n) is 2.61. The van der Waals surface area contributed by atoms with Crippen LogP contribution in [-0.4, -0.2) is 19.0 Å². The Morgan fingerprint density at radius 2 is 1.73 bits per heavy atom. The average molecular weight is 338 g/mol. The lowest BCUT2D eigenvalue weighted by Crippen LogP contribution is -2.23. The Bertz CT molecular complexity index is 569. The smallest absolute Gasteiger partial charge is 0.315 e. The fraction of sp³-hybridized carbons (Fsp3) is 0.286. The molecule has 0 radical (unpaired) electrons. The number of halogens is 4. The van der Waals surface area contributed by atoms with Crippen molar-refractivity contribution in [3.63, 3.8) is 0 Å². The maximum absolute atomic E-state index is 13.4. The monoisotopic (exact) mass is 338 g/mol. The third-order valence-corrected chi connectivity index (χ3v) is 3.29. The molecular weight excluding hydrogens is 324 g/mol. The predicted molar refractivity (Wildman–Crippen MR) is 76.5 cm³/mol. The summed E-state index contributed by atoms with van der Waals surface area (Å²) in [4.78, 5) is 4.22. The molecule has 0 heterocycles. The lowest BCUT2D eigenvalue weighted by Gasteiger charge is -2.15. The second-order valence-corrected chi connectivity index (χ2v) is 4.76. The summed E-state index contributed by atoms with van der Waals surface area (Å²) in [5, 5.41) is 2.06. The van der Waals surface area contributed by atoms with Crippen LogP contribution in [0.5, 0.6) is 0 Å². The molecule has 0 saturated carbocycles. The lowest BCUT2D eigenvalue weighted by atomic mass is 10.1. The highest BCUT2D eigenvalue weighted by Gasteiger charge is 2.30. The van der Waals surface area contributed by atoms with Gasteiger partial charge in [-0.15, -0.1) is 0 Å².